The molecular weight excluding hydrogens is 318 g/mol. The van der Waals surface area contributed by atoms with Crippen molar-refractivity contribution >= 4 is 11.9 Å². The fraction of sp³-hybridized carbons (Fsp3) is 0.737. The number of rotatable bonds is 2. The molecule has 6 rings (SSSR count). The van der Waals surface area contributed by atoms with Gasteiger partial charge in [-0.1, -0.05) is 0 Å². The molecule has 1 aliphatic heterocycles. The van der Waals surface area contributed by atoms with E-state index >= 15 is 0 Å². The number of H-pyrrole nitrogens is 1. The molecule has 25 heavy (non-hydrogen) atoms. The fourth-order valence-corrected chi connectivity index (χ4v) is 6.46. The number of nitrogens with one attached hydrogen (secondary N) is 1. The van der Waals surface area contributed by atoms with Gasteiger partial charge in [0.15, 0.2) is 5.69 Å². The predicted octanol–water partition coefficient (Wildman–Crippen LogP) is 2.30. The topological polar surface area (TPSA) is 75.3 Å². The van der Waals surface area contributed by atoms with Gasteiger partial charge in [0.1, 0.15) is 0 Å². The summed E-state index contributed by atoms with van der Waals surface area (Å²) in [6.07, 6.45) is 8.00. The minimum absolute atomic E-state index is 0.0997. The first-order valence-electron chi connectivity index (χ1n) is 9.52. The lowest BCUT2D eigenvalue weighted by molar-refractivity contribution is -0.158. The highest BCUT2D eigenvalue weighted by molar-refractivity contribution is 5.89. The molecule has 4 aliphatic carbocycles. The molecule has 0 spiro atoms. The van der Waals surface area contributed by atoms with Gasteiger partial charge in [0.2, 0.25) is 5.91 Å². The van der Waals surface area contributed by atoms with Gasteiger partial charge in [-0.25, -0.2) is 4.79 Å². The van der Waals surface area contributed by atoms with Crippen molar-refractivity contribution in [1.82, 2.24) is 15.1 Å². The molecule has 1 N–H and O–H groups in total. The van der Waals surface area contributed by atoms with Gasteiger partial charge >= 0.3 is 5.97 Å². The average molecular weight is 343 g/mol. The number of ether oxygens (including phenoxy) is 1. The van der Waals surface area contributed by atoms with Gasteiger partial charge in [-0.05, 0) is 62.7 Å². The van der Waals surface area contributed by atoms with E-state index in [4.69, 9.17) is 4.74 Å². The summed E-state index contributed by atoms with van der Waals surface area (Å²) >= 11 is 0. The Hall–Kier alpha value is -1.85. The molecule has 0 unspecified atom stereocenters. The van der Waals surface area contributed by atoms with Gasteiger partial charge in [0, 0.05) is 12.1 Å². The first-order valence-corrected chi connectivity index (χ1v) is 9.52. The Labute approximate surface area is 147 Å². The molecule has 0 saturated heterocycles. The van der Waals surface area contributed by atoms with Crippen LogP contribution in [0.5, 0.6) is 0 Å². The molecule has 0 aromatic carbocycles. The zero-order chi connectivity index (χ0) is 17.2. The second-order valence-corrected chi connectivity index (χ2v) is 8.70. The Balaban J connectivity index is 1.38. The van der Waals surface area contributed by atoms with Crippen molar-refractivity contribution < 1.29 is 14.3 Å². The Bertz CT molecular complexity index is 703. The number of esters is 1. The van der Waals surface area contributed by atoms with Crippen LogP contribution in [0, 0.1) is 23.2 Å². The monoisotopic (exact) mass is 343 g/mol. The van der Waals surface area contributed by atoms with Gasteiger partial charge < -0.3 is 9.64 Å². The molecule has 6 nitrogen and oxygen atoms in total. The van der Waals surface area contributed by atoms with Crippen molar-refractivity contribution in [2.75, 3.05) is 13.7 Å². The second-order valence-electron chi connectivity index (χ2n) is 8.70. The number of nitrogens with zero attached hydrogens (tertiary/aromatic N) is 2. The molecule has 4 saturated carbocycles. The van der Waals surface area contributed by atoms with Gasteiger partial charge in [0.25, 0.3) is 0 Å². The Kier molecular flexibility index (Phi) is 3.28. The summed E-state index contributed by atoms with van der Waals surface area (Å²) in [5, 5.41) is 7.07. The molecule has 5 aliphatic rings. The zero-order valence-electron chi connectivity index (χ0n) is 14.7. The number of hydrogen-bond acceptors (Lipinski definition) is 4. The standard InChI is InChI=1S/C19H25N3O3/c1-25-17(23)16-14-2-3-22(10-15(14)20-21-16)18(24)19-7-11-4-12(8-19)6-13(5-11)9-19/h11-13H,2-10H2,1H3,(H,20,21). The first kappa shape index (κ1) is 15.4. The number of carbonyl (C=O) groups is 2. The van der Waals surface area contributed by atoms with Crippen molar-refractivity contribution in [3.8, 4) is 0 Å². The van der Waals surface area contributed by atoms with Crippen molar-refractivity contribution in [3.63, 3.8) is 0 Å². The van der Waals surface area contributed by atoms with Crippen LogP contribution in [0.1, 0.15) is 60.3 Å². The van der Waals surface area contributed by atoms with Gasteiger partial charge in [0.05, 0.1) is 24.8 Å². The smallest absolute Gasteiger partial charge is 0.358 e. The number of carbonyl (C=O) groups excluding carboxylic acids is 2. The molecular formula is C19H25N3O3. The third kappa shape index (κ3) is 2.26. The molecule has 4 bridgehead atoms. The van der Waals surface area contributed by atoms with E-state index in [1.807, 2.05) is 4.90 Å². The number of amides is 1. The van der Waals surface area contributed by atoms with Crippen LogP contribution < -0.4 is 0 Å². The van der Waals surface area contributed by atoms with E-state index in [1.54, 1.807) is 0 Å². The van der Waals surface area contributed by atoms with Crippen molar-refractivity contribution in [3.05, 3.63) is 17.0 Å². The minimum atomic E-state index is -0.404. The van der Waals surface area contributed by atoms with Gasteiger partial charge in [-0.2, -0.15) is 5.10 Å². The quantitative estimate of drug-likeness (QED) is 0.836. The van der Waals surface area contributed by atoms with Crippen LogP contribution in [-0.4, -0.2) is 40.6 Å². The number of aromatic nitrogens is 2. The van der Waals surface area contributed by atoms with Crippen molar-refractivity contribution in [2.45, 2.75) is 51.5 Å². The van der Waals surface area contributed by atoms with E-state index in [2.05, 4.69) is 10.2 Å². The number of aromatic amines is 1. The molecule has 1 aromatic rings. The van der Waals surface area contributed by atoms with E-state index in [9.17, 15) is 9.59 Å². The van der Waals surface area contributed by atoms with Crippen LogP contribution in [0.15, 0.2) is 0 Å². The summed E-state index contributed by atoms with van der Waals surface area (Å²) in [5.41, 5.74) is 2.09. The van der Waals surface area contributed by atoms with Crippen LogP contribution in [0.25, 0.3) is 0 Å². The van der Waals surface area contributed by atoms with Crippen molar-refractivity contribution in [2.24, 2.45) is 23.2 Å². The second kappa shape index (κ2) is 5.32. The highest BCUT2D eigenvalue weighted by atomic mass is 16.5. The molecule has 6 heteroatoms. The van der Waals surface area contributed by atoms with Gasteiger partial charge in [-0.15, -0.1) is 0 Å². The van der Waals surface area contributed by atoms with Crippen molar-refractivity contribution in [1.29, 1.82) is 0 Å². The Morgan fingerprint density at radius 1 is 1.16 bits per heavy atom. The summed E-state index contributed by atoms with van der Waals surface area (Å²) in [6.45, 7) is 1.22. The van der Waals surface area contributed by atoms with Crippen LogP contribution in [0.2, 0.25) is 0 Å². The molecule has 2 heterocycles. The van der Waals surface area contributed by atoms with Crippen LogP contribution in [0.3, 0.4) is 0 Å². The Morgan fingerprint density at radius 2 is 1.80 bits per heavy atom. The molecule has 0 radical (unpaired) electrons. The zero-order valence-corrected chi connectivity index (χ0v) is 14.7. The summed E-state index contributed by atoms with van der Waals surface area (Å²) in [6, 6.07) is 0. The normalized spacial score (nSPS) is 35.6. The number of fused-ring (bicyclic) bond motifs is 1. The molecule has 4 fully saturated rings. The number of hydrogen-bond donors (Lipinski definition) is 1. The van der Waals surface area contributed by atoms with E-state index in [-0.39, 0.29) is 5.41 Å². The lowest BCUT2D eigenvalue weighted by Gasteiger charge is -2.56. The SMILES string of the molecule is COC(=O)c1n[nH]c2c1CCN(C(=O)C13CC4CC(CC(C4)C1)C3)C2. The maximum absolute atomic E-state index is 13.5. The summed E-state index contributed by atoms with van der Waals surface area (Å²) in [5.74, 6) is 2.26. The van der Waals surface area contributed by atoms with E-state index in [0.717, 1.165) is 48.3 Å². The summed E-state index contributed by atoms with van der Waals surface area (Å²) < 4.78 is 4.80. The van der Waals surface area contributed by atoms with Crippen LogP contribution >= 0.6 is 0 Å². The van der Waals surface area contributed by atoms with E-state index in [1.165, 1.54) is 26.4 Å². The van der Waals surface area contributed by atoms with E-state index in [0.29, 0.717) is 31.1 Å². The first-order chi connectivity index (χ1) is 12.1. The van der Waals surface area contributed by atoms with Crippen LogP contribution in [-0.2, 0) is 22.5 Å². The predicted molar refractivity (Wildman–Crippen MR) is 89.7 cm³/mol. The maximum Gasteiger partial charge on any atom is 0.358 e. The highest BCUT2D eigenvalue weighted by Crippen LogP contribution is 2.60. The average Bonchev–Trinajstić information content (AvgIpc) is 3.02. The minimum Gasteiger partial charge on any atom is -0.464 e. The third-order valence-electron chi connectivity index (χ3n) is 7.09. The largest absolute Gasteiger partial charge is 0.464 e. The molecule has 134 valence electrons. The number of methoxy groups -OCH3 is 1. The summed E-state index contributed by atoms with van der Waals surface area (Å²) in [7, 11) is 1.37. The molecule has 1 amide bonds. The lowest BCUT2D eigenvalue weighted by atomic mass is 9.49. The molecule has 1 aromatic heterocycles. The summed E-state index contributed by atoms with van der Waals surface area (Å²) in [4.78, 5) is 27.3. The lowest BCUT2D eigenvalue weighted by Crippen LogP contribution is -2.55. The highest BCUT2D eigenvalue weighted by Gasteiger charge is 2.55. The maximum atomic E-state index is 13.5. The fourth-order valence-electron chi connectivity index (χ4n) is 6.46. The molecule has 0 atom stereocenters. The third-order valence-corrected chi connectivity index (χ3v) is 7.09. The van der Waals surface area contributed by atoms with E-state index < -0.39 is 5.97 Å². The Morgan fingerprint density at radius 3 is 2.40 bits per heavy atom. The van der Waals surface area contributed by atoms with Crippen LogP contribution in [0.4, 0.5) is 0 Å². The van der Waals surface area contributed by atoms with Gasteiger partial charge in [-0.3, -0.25) is 9.89 Å².